The molecule has 0 radical (unpaired) electrons. The summed E-state index contributed by atoms with van der Waals surface area (Å²) in [4.78, 5) is 15.1. The van der Waals surface area contributed by atoms with Gasteiger partial charge in [0.05, 0.1) is 5.56 Å². The van der Waals surface area contributed by atoms with E-state index in [0.29, 0.717) is 18.9 Å². The zero-order valence-electron chi connectivity index (χ0n) is 12.0. The van der Waals surface area contributed by atoms with Gasteiger partial charge in [-0.3, -0.25) is 0 Å². The summed E-state index contributed by atoms with van der Waals surface area (Å²) in [5.74, 6) is 0.659. The molecule has 0 unspecified atom stereocenters. The molecule has 0 aliphatic carbocycles. The molecule has 6 heteroatoms. The van der Waals surface area contributed by atoms with E-state index in [1.165, 1.54) is 6.07 Å². The van der Waals surface area contributed by atoms with Crippen molar-refractivity contribution in [1.82, 2.24) is 14.9 Å². The summed E-state index contributed by atoms with van der Waals surface area (Å²) in [6.07, 6.45) is 4.57. The van der Waals surface area contributed by atoms with Gasteiger partial charge in [0.2, 0.25) is 0 Å². The molecule has 0 aliphatic rings. The number of aryl methyl sites for hydroxylation is 1. The lowest BCUT2D eigenvalue weighted by atomic mass is 10.2. The number of carboxylic acid groups (broad SMARTS) is 1. The van der Waals surface area contributed by atoms with Crippen molar-refractivity contribution >= 4 is 5.97 Å². The van der Waals surface area contributed by atoms with Crippen LogP contribution in [0.15, 0.2) is 36.7 Å². The summed E-state index contributed by atoms with van der Waals surface area (Å²) in [5.41, 5.74) is 0.232. The minimum atomic E-state index is -0.950. The number of ether oxygens (including phenoxy) is 1. The van der Waals surface area contributed by atoms with Gasteiger partial charge in [-0.15, -0.1) is 0 Å². The second-order valence-electron chi connectivity index (χ2n) is 4.64. The summed E-state index contributed by atoms with van der Waals surface area (Å²) in [6.45, 7) is 2.01. The van der Waals surface area contributed by atoms with Crippen molar-refractivity contribution in [3.8, 4) is 5.75 Å². The number of imidazole rings is 1. The van der Waals surface area contributed by atoms with Gasteiger partial charge in [-0.05, 0) is 18.2 Å². The predicted molar refractivity (Wildman–Crippen MR) is 78.7 cm³/mol. The average molecular weight is 289 g/mol. The lowest BCUT2D eigenvalue weighted by Gasteiger charge is -2.08. The van der Waals surface area contributed by atoms with Crippen molar-refractivity contribution < 1.29 is 14.6 Å². The van der Waals surface area contributed by atoms with Crippen molar-refractivity contribution in [2.45, 2.75) is 6.42 Å². The van der Waals surface area contributed by atoms with Crippen LogP contribution < -0.4 is 10.1 Å². The van der Waals surface area contributed by atoms with E-state index >= 15 is 0 Å². The average Bonchev–Trinajstić information content (AvgIpc) is 2.88. The number of benzene rings is 1. The zero-order valence-corrected chi connectivity index (χ0v) is 12.0. The summed E-state index contributed by atoms with van der Waals surface area (Å²) in [7, 11) is 1.97. The minimum Gasteiger partial charge on any atom is -0.492 e. The van der Waals surface area contributed by atoms with Crippen molar-refractivity contribution in [3.05, 3.63) is 48.0 Å². The summed E-state index contributed by atoms with van der Waals surface area (Å²) < 4.78 is 7.51. The molecule has 0 spiro atoms. The Labute approximate surface area is 123 Å². The van der Waals surface area contributed by atoms with Crippen LogP contribution in [0.5, 0.6) is 5.75 Å². The topological polar surface area (TPSA) is 76.4 Å². The van der Waals surface area contributed by atoms with Gasteiger partial charge >= 0.3 is 5.97 Å². The minimum absolute atomic E-state index is 0.232. The highest BCUT2D eigenvalue weighted by molar-refractivity contribution is 5.87. The maximum absolute atomic E-state index is 10.8. The van der Waals surface area contributed by atoms with Crippen molar-refractivity contribution in [2.24, 2.45) is 7.05 Å². The molecule has 2 N–H and O–H groups in total. The fourth-order valence-corrected chi connectivity index (χ4v) is 1.92. The predicted octanol–water partition coefficient (Wildman–Crippen LogP) is 1.33. The molecular formula is C15H19N3O3. The molecule has 0 aliphatic heterocycles. The molecular weight excluding hydrogens is 270 g/mol. The van der Waals surface area contributed by atoms with Crippen LogP contribution in [-0.2, 0) is 13.5 Å². The van der Waals surface area contributed by atoms with Gasteiger partial charge < -0.3 is 19.7 Å². The van der Waals surface area contributed by atoms with E-state index in [9.17, 15) is 4.79 Å². The van der Waals surface area contributed by atoms with Gasteiger partial charge in [0, 0.05) is 39.0 Å². The Kier molecular flexibility index (Phi) is 5.34. The number of aromatic carboxylic acids is 1. The number of aromatic nitrogens is 2. The van der Waals surface area contributed by atoms with E-state index in [2.05, 4.69) is 10.3 Å². The third-order valence-corrected chi connectivity index (χ3v) is 3.07. The van der Waals surface area contributed by atoms with Crippen LogP contribution in [0.3, 0.4) is 0 Å². The van der Waals surface area contributed by atoms with E-state index in [4.69, 9.17) is 9.84 Å². The van der Waals surface area contributed by atoms with Crippen LogP contribution in [-0.4, -0.2) is 40.3 Å². The van der Waals surface area contributed by atoms with Crippen molar-refractivity contribution in [3.63, 3.8) is 0 Å². The highest BCUT2D eigenvalue weighted by Gasteiger charge is 2.03. The second-order valence-corrected chi connectivity index (χ2v) is 4.64. The smallest absolute Gasteiger partial charge is 0.335 e. The van der Waals surface area contributed by atoms with Gasteiger partial charge in [0.15, 0.2) is 0 Å². The van der Waals surface area contributed by atoms with E-state index < -0.39 is 5.97 Å². The molecule has 0 amide bonds. The SMILES string of the molecule is Cn1ccnc1CCNCCOc1cccc(C(=O)O)c1. The highest BCUT2D eigenvalue weighted by atomic mass is 16.5. The fraction of sp³-hybridized carbons (Fsp3) is 0.333. The number of nitrogens with one attached hydrogen (secondary N) is 1. The van der Waals surface area contributed by atoms with Crippen LogP contribution in [0.25, 0.3) is 0 Å². The van der Waals surface area contributed by atoms with Crippen LogP contribution in [0.4, 0.5) is 0 Å². The first-order valence-corrected chi connectivity index (χ1v) is 6.80. The van der Waals surface area contributed by atoms with E-state index in [1.807, 2.05) is 17.8 Å². The molecule has 0 bridgehead atoms. The highest BCUT2D eigenvalue weighted by Crippen LogP contribution is 2.12. The molecule has 0 atom stereocenters. The number of hydrogen-bond acceptors (Lipinski definition) is 4. The molecule has 0 fully saturated rings. The number of hydrogen-bond donors (Lipinski definition) is 2. The Morgan fingerprint density at radius 2 is 2.29 bits per heavy atom. The second kappa shape index (κ2) is 7.44. The quantitative estimate of drug-likeness (QED) is 0.717. The number of carbonyl (C=O) groups is 1. The maximum atomic E-state index is 10.8. The Hall–Kier alpha value is -2.34. The van der Waals surface area contributed by atoms with Crippen LogP contribution in [0, 0.1) is 0 Å². The lowest BCUT2D eigenvalue weighted by Crippen LogP contribution is -2.24. The summed E-state index contributed by atoms with van der Waals surface area (Å²) >= 11 is 0. The maximum Gasteiger partial charge on any atom is 0.335 e. The van der Waals surface area contributed by atoms with E-state index in [0.717, 1.165) is 18.8 Å². The van der Waals surface area contributed by atoms with Gasteiger partial charge in [-0.1, -0.05) is 6.07 Å². The van der Waals surface area contributed by atoms with Gasteiger partial charge in [0.25, 0.3) is 0 Å². The zero-order chi connectivity index (χ0) is 15.1. The number of nitrogens with zero attached hydrogens (tertiary/aromatic N) is 2. The standard InChI is InChI=1S/C15H19N3O3/c1-18-9-7-17-14(18)5-6-16-8-10-21-13-4-2-3-12(11-13)15(19)20/h2-4,7,9,11,16H,5-6,8,10H2,1H3,(H,19,20). The van der Waals surface area contributed by atoms with E-state index in [1.54, 1.807) is 24.4 Å². The number of carboxylic acids is 1. The monoisotopic (exact) mass is 289 g/mol. The Morgan fingerprint density at radius 1 is 1.43 bits per heavy atom. The molecule has 0 saturated heterocycles. The third kappa shape index (κ3) is 4.61. The molecule has 2 rings (SSSR count). The Bertz CT molecular complexity index is 595. The van der Waals surface area contributed by atoms with Crippen LogP contribution in [0.2, 0.25) is 0 Å². The third-order valence-electron chi connectivity index (χ3n) is 3.07. The molecule has 112 valence electrons. The first-order valence-electron chi connectivity index (χ1n) is 6.80. The van der Waals surface area contributed by atoms with Gasteiger partial charge in [-0.2, -0.15) is 0 Å². The normalized spacial score (nSPS) is 10.5. The first-order chi connectivity index (χ1) is 10.2. The first kappa shape index (κ1) is 15.1. The molecule has 1 aromatic heterocycles. The summed E-state index contributed by atoms with van der Waals surface area (Å²) in [6, 6.07) is 6.49. The Morgan fingerprint density at radius 3 is 3.00 bits per heavy atom. The fourth-order valence-electron chi connectivity index (χ4n) is 1.92. The van der Waals surface area contributed by atoms with Crippen molar-refractivity contribution in [1.29, 1.82) is 0 Å². The molecule has 6 nitrogen and oxygen atoms in total. The molecule has 21 heavy (non-hydrogen) atoms. The van der Waals surface area contributed by atoms with Crippen LogP contribution >= 0.6 is 0 Å². The Balaban J connectivity index is 1.65. The molecule has 0 saturated carbocycles. The largest absolute Gasteiger partial charge is 0.492 e. The van der Waals surface area contributed by atoms with Gasteiger partial charge in [0.1, 0.15) is 18.2 Å². The lowest BCUT2D eigenvalue weighted by molar-refractivity contribution is 0.0696. The van der Waals surface area contributed by atoms with E-state index in [-0.39, 0.29) is 5.56 Å². The summed E-state index contributed by atoms with van der Waals surface area (Å²) in [5, 5.41) is 12.2. The van der Waals surface area contributed by atoms with Gasteiger partial charge in [-0.25, -0.2) is 9.78 Å². The molecule has 2 aromatic rings. The van der Waals surface area contributed by atoms with Crippen LogP contribution in [0.1, 0.15) is 16.2 Å². The molecule has 1 aromatic carbocycles. The molecule has 1 heterocycles. The van der Waals surface area contributed by atoms with Crippen molar-refractivity contribution in [2.75, 3.05) is 19.7 Å². The number of rotatable bonds is 8.